The van der Waals surface area contributed by atoms with Gasteiger partial charge in [0.15, 0.2) is 0 Å². The molecule has 112 valence electrons. The molecule has 0 bridgehead atoms. The summed E-state index contributed by atoms with van der Waals surface area (Å²) < 4.78 is 19.7. The minimum atomic E-state index is -0.542. The molecule has 0 spiro atoms. The number of amides is 1. The molecule has 0 unspecified atom stereocenters. The maximum absolute atomic E-state index is 13.3. The van der Waals surface area contributed by atoms with Gasteiger partial charge in [0, 0.05) is 9.61 Å². The molecule has 0 aliphatic rings. The minimum Gasteiger partial charge on any atom is -0.444 e. The number of benzene rings is 1. The quantitative estimate of drug-likeness (QED) is 0.704. The Morgan fingerprint density at radius 2 is 2.00 bits per heavy atom. The number of ether oxygens (including phenoxy) is 1. The third kappa shape index (κ3) is 5.26. The molecule has 0 aliphatic carbocycles. The first-order valence-electron chi connectivity index (χ1n) is 6.53. The maximum Gasteiger partial charge on any atom is 0.410 e. The van der Waals surface area contributed by atoms with Crippen LogP contribution in [0.4, 0.5) is 9.18 Å². The molecular weight excluding hydrogens is 372 g/mol. The summed E-state index contributed by atoms with van der Waals surface area (Å²) >= 11 is 2.14. The zero-order valence-electron chi connectivity index (χ0n) is 12.5. The molecule has 0 radical (unpaired) electrons. The summed E-state index contributed by atoms with van der Waals surface area (Å²) in [5.41, 5.74) is 0.240. The van der Waals surface area contributed by atoms with E-state index in [1.165, 1.54) is 12.1 Å². The first kappa shape index (κ1) is 17.2. The highest BCUT2D eigenvalue weighted by Crippen LogP contribution is 2.19. The van der Waals surface area contributed by atoms with E-state index >= 15 is 0 Å². The molecule has 0 aromatic heterocycles. The number of halogens is 2. The van der Waals surface area contributed by atoms with E-state index in [2.05, 4.69) is 22.6 Å². The fraction of sp³-hybridized carbons (Fsp3) is 0.533. The van der Waals surface area contributed by atoms with Crippen LogP contribution >= 0.6 is 22.6 Å². The van der Waals surface area contributed by atoms with Gasteiger partial charge in [-0.15, -0.1) is 0 Å². The molecule has 0 fully saturated rings. The summed E-state index contributed by atoms with van der Waals surface area (Å²) in [4.78, 5) is 13.8. The molecule has 1 aromatic rings. The van der Waals surface area contributed by atoms with Gasteiger partial charge in [0.05, 0.1) is 6.54 Å². The van der Waals surface area contributed by atoms with Gasteiger partial charge in [0.25, 0.3) is 0 Å². The van der Waals surface area contributed by atoms with Crippen molar-refractivity contribution < 1.29 is 13.9 Å². The van der Waals surface area contributed by atoms with Gasteiger partial charge < -0.3 is 9.64 Å². The van der Waals surface area contributed by atoms with E-state index in [0.717, 1.165) is 9.13 Å². The van der Waals surface area contributed by atoms with Crippen LogP contribution in [0.3, 0.4) is 0 Å². The highest BCUT2D eigenvalue weighted by Gasteiger charge is 2.24. The number of carbonyl (C=O) groups is 1. The molecule has 0 aliphatic heterocycles. The standard InChI is InChI=1S/C15H21FINO2/c1-10(2)18(14(19)20-15(3,4)5)9-11-8-12(16)6-7-13(11)17/h6-8,10H,9H2,1-5H3. The monoisotopic (exact) mass is 393 g/mol. The van der Waals surface area contributed by atoms with Gasteiger partial charge in [-0.2, -0.15) is 0 Å². The molecule has 0 atom stereocenters. The zero-order chi connectivity index (χ0) is 15.5. The van der Waals surface area contributed by atoms with Crippen LogP contribution < -0.4 is 0 Å². The van der Waals surface area contributed by atoms with Crippen molar-refractivity contribution in [2.45, 2.75) is 52.8 Å². The number of hydrogen-bond acceptors (Lipinski definition) is 2. The van der Waals surface area contributed by atoms with Crippen LogP contribution in [0.15, 0.2) is 18.2 Å². The normalized spacial score (nSPS) is 11.6. The molecule has 1 amide bonds. The third-order valence-corrected chi connectivity index (χ3v) is 3.65. The summed E-state index contributed by atoms with van der Waals surface area (Å²) in [6.45, 7) is 9.65. The van der Waals surface area contributed by atoms with E-state index in [-0.39, 0.29) is 18.0 Å². The van der Waals surface area contributed by atoms with Crippen molar-refractivity contribution in [3.05, 3.63) is 33.1 Å². The van der Waals surface area contributed by atoms with Gasteiger partial charge in [-0.3, -0.25) is 0 Å². The first-order chi connectivity index (χ1) is 9.10. The molecule has 1 rings (SSSR count). The fourth-order valence-corrected chi connectivity index (χ4v) is 2.13. The topological polar surface area (TPSA) is 29.5 Å². The van der Waals surface area contributed by atoms with E-state index in [4.69, 9.17) is 4.74 Å². The van der Waals surface area contributed by atoms with Gasteiger partial charge in [0.2, 0.25) is 0 Å². The second-order valence-corrected chi connectivity index (χ2v) is 7.10. The molecular formula is C15H21FINO2. The van der Waals surface area contributed by atoms with Crippen LogP contribution in [-0.2, 0) is 11.3 Å². The predicted molar refractivity (Wildman–Crippen MR) is 86.0 cm³/mol. The lowest BCUT2D eigenvalue weighted by atomic mass is 10.2. The summed E-state index contributed by atoms with van der Waals surface area (Å²) in [5, 5.41) is 0. The lowest BCUT2D eigenvalue weighted by Crippen LogP contribution is -2.40. The summed E-state index contributed by atoms with van der Waals surface area (Å²) in [5.74, 6) is -0.298. The van der Waals surface area contributed by atoms with Crippen LogP contribution in [-0.4, -0.2) is 22.6 Å². The summed E-state index contributed by atoms with van der Waals surface area (Å²) in [6.07, 6.45) is -0.382. The lowest BCUT2D eigenvalue weighted by molar-refractivity contribution is 0.0171. The lowest BCUT2D eigenvalue weighted by Gasteiger charge is -2.30. The van der Waals surface area contributed by atoms with Crippen molar-refractivity contribution in [3.63, 3.8) is 0 Å². The Balaban J connectivity index is 2.93. The maximum atomic E-state index is 13.3. The van der Waals surface area contributed by atoms with Crippen molar-refractivity contribution in [2.75, 3.05) is 0 Å². The largest absolute Gasteiger partial charge is 0.444 e. The molecule has 0 heterocycles. The molecule has 20 heavy (non-hydrogen) atoms. The van der Waals surface area contributed by atoms with Gasteiger partial charge in [-0.1, -0.05) is 0 Å². The van der Waals surface area contributed by atoms with Crippen LogP contribution in [0.2, 0.25) is 0 Å². The van der Waals surface area contributed by atoms with Crippen molar-refractivity contribution in [3.8, 4) is 0 Å². The van der Waals surface area contributed by atoms with Crippen LogP contribution in [0.25, 0.3) is 0 Å². The Hall–Kier alpha value is -0.850. The number of rotatable bonds is 3. The Kier molecular flexibility index (Phi) is 5.79. The molecule has 3 nitrogen and oxygen atoms in total. The van der Waals surface area contributed by atoms with E-state index in [1.807, 2.05) is 34.6 Å². The average Bonchev–Trinajstić information content (AvgIpc) is 2.27. The van der Waals surface area contributed by atoms with Crippen molar-refractivity contribution in [1.29, 1.82) is 0 Å². The molecule has 1 aromatic carbocycles. The number of nitrogens with zero attached hydrogens (tertiary/aromatic N) is 1. The van der Waals surface area contributed by atoms with Gasteiger partial charge >= 0.3 is 6.09 Å². The first-order valence-corrected chi connectivity index (χ1v) is 7.61. The second kappa shape index (κ2) is 6.74. The van der Waals surface area contributed by atoms with E-state index in [1.54, 1.807) is 11.0 Å². The van der Waals surface area contributed by atoms with Gasteiger partial charge in [0.1, 0.15) is 11.4 Å². The molecule has 0 saturated heterocycles. The van der Waals surface area contributed by atoms with Crippen LogP contribution in [0, 0.1) is 9.39 Å². The van der Waals surface area contributed by atoms with Crippen molar-refractivity contribution in [1.82, 2.24) is 4.90 Å². The number of hydrogen-bond donors (Lipinski definition) is 0. The highest BCUT2D eigenvalue weighted by molar-refractivity contribution is 14.1. The zero-order valence-corrected chi connectivity index (χ0v) is 14.7. The fourth-order valence-electron chi connectivity index (χ4n) is 1.63. The van der Waals surface area contributed by atoms with E-state index < -0.39 is 5.60 Å². The molecule has 5 heteroatoms. The average molecular weight is 393 g/mol. The summed E-state index contributed by atoms with van der Waals surface area (Å²) in [6, 6.07) is 4.56. The van der Waals surface area contributed by atoms with Gasteiger partial charge in [-0.25, -0.2) is 9.18 Å². The smallest absolute Gasteiger partial charge is 0.410 e. The van der Waals surface area contributed by atoms with Crippen molar-refractivity contribution >= 4 is 28.7 Å². The third-order valence-electron chi connectivity index (χ3n) is 2.60. The predicted octanol–water partition coefficient (Wildman–Crippen LogP) is 4.58. The summed E-state index contributed by atoms with van der Waals surface area (Å²) in [7, 11) is 0. The van der Waals surface area contributed by atoms with Gasteiger partial charge in [-0.05, 0) is 81.0 Å². The minimum absolute atomic E-state index is 0.0242. The highest BCUT2D eigenvalue weighted by atomic mass is 127. The second-order valence-electron chi connectivity index (χ2n) is 5.94. The van der Waals surface area contributed by atoms with Crippen LogP contribution in [0.5, 0.6) is 0 Å². The SMILES string of the molecule is CC(C)N(Cc1cc(F)ccc1I)C(=O)OC(C)(C)C. The molecule has 0 saturated carbocycles. The van der Waals surface area contributed by atoms with E-state index in [0.29, 0.717) is 6.54 Å². The Morgan fingerprint density at radius 1 is 1.40 bits per heavy atom. The Labute approximate surface area is 133 Å². The van der Waals surface area contributed by atoms with Crippen molar-refractivity contribution in [2.24, 2.45) is 0 Å². The number of carbonyl (C=O) groups excluding carboxylic acids is 1. The Bertz CT molecular complexity index is 483. The van der Waals surface area contributed by atoms with Crippen LogP contribution in [0.1, 0.15) is 40.2 Å². The van der Waals surface area contributed by atoms with E-state index in [9.17, 15) is 9.18 Å². The molecule has 0 N–H and O–H groups in total. The Morgan fingerprint density at radius 3 is 2.50 bits per heavy atom.